The Bertz CT molecular complexity index is 1700. The molecule has 5 aromatic rings. The van der Waals surface area contributed by atoms with E-state index < -0.39 is 8.07 Å². The summed E-state index contributed by atoms with van der Waals surface area (Å²) in [5.74, 6) is 0.556. The molecule has 6 rings (SSSR count). The van der Waals surface area contributed by atoms with Crippen molar-refractivity contribution in [2.45, 2.75) is 104 Å². The fourth-order valence-corrected chi connectivity index (χ4v) is 18.0. The molecule has 1 aliphatic carbocycles. The zero-order valence-corrected chi connectivity index (χ0v) is 29.0. The topological polar surface area (TPSA) is 12.9 Å². The lowest BCUT2D eigenvalue weighted by atomic mass is 9.87. The van der Waals surface area contributed by atoms with E-state index in [0.717, 1.165) is 18.4 Å². The summed E-state index contributed by atoms with van der Waals surface area (Å²) < 4.78 is 3.10. The Morgan fingerprint density at radius 1 is 0.860 bits per heavy atom. The summed E-state index contributed by atoms with van der Waals surface area (Å²) in [6.45, 7) is 14.5. The van der Waals surface area contributed by atoms with Gasteiger partial charge in [-0.05, 0) is 88.2 Å². The minimum absolute atomic E-state index is 0.256. The highest BCUT2D eigenvalue weighted by Gasteiger charge is 2.49. The number of fused-ring (bicyclic) bond motifs is 2. The maximum absolute atomic E-state index is 5.16. The normalized spacial score (nSPS) is 16.3. The molecule has 0 amide bonds. The third kappa shape index (κ3) is 5.64. The first kappa shape index (κ1) is 30.3. The summed E-state index contributed by atoms with van der Waals surface area (Å²) in [4.78, 5) is 5.16. The smallest absolute Gasteiger partial charge is 0.134 e. The molecule has 1 nitrogen and oxygen atoms in total. The summed E-state index contributed by atoms with van der Waals surface area (Å²) >= 11 is 2.11. The summed E-state index contributed by atoms with van der Waals surface area (Å²) in [6, 6.07) is 29.2. The predicted molar refractivity (Wildman–Crippen MR) is 193 cm³/mol. The molecule has 1 aliphatic rings. The van der Waals surface area contributed by atoms with Crippen LogP contribution in [0.1, 0.15) is 96.6 Å². The summed E-state index contributed by atoms with van der Waals surface area (Å²) in [7, 11) is -2.13. The van der Waals surface area contributed by atoms with Crippen molar-refractivity contribution in [3.8, 4) is 11.3 Å². The number of aryl methyl sites for hydroxylation is 1. The van der Waals surface area contributed by atoms with Crippen molar-refractivity contribution in [3.05, 3.63) is 90.1 Å². The maximum Gasteiger partial charge on any atom is 0.134 e. The van der Waals surface area contributed by atoms with Crippen LogP contribution in [-0.4, -0.2) is 13.1 Å². The molecule has 2 heterocycles. The van der Waals surface area contributed by atoms with Gasteiger partial charge in [-0.2, -0.15) is 0 Å². The van der Waals surface area contributed by atoms with Crippen molar-refractivity contribution < 1.29 is 0 Å². The van der Waals surface area contributed by atoms with Gasteiger partial charge in [-0.1, -0.05) is 127 Å². The lowest BCUT2D eigenvalue weighted by Gasteiger charge is -2.45. The van der Waals surface area contributed by atoms with Gasteiger partial charge in [0.2, 0.25) is 0 Å². The number of aromatic nitrogens is 1. The largest absolute Gasteiger partial charge is 0.255 e. The molecule has 0 radical (unpaired) electrons. The monoisotopic (exact) mass is 603 g/mol. The molecular formula is C40H49NSSi. The van der Waals surface area contributed by atoms with E-state index in [1.165, 1.54) is 81.4 Å². The molecule has 224 valence electrons. The molecular weight excluding hydrogens is 555 g/mol. The van der Waals surface area contributed by atoms with Crippen LogP contribution in [0, 0.1) is 12.3 Å². The number of thiophene rings is 1. The number of pyridine rings is 1. The van der Waals surface area contributed by atoms with Gasteiger partial charge in [-0.15, -0.1) is 11.3 Å². The van der Waals surface area contributed by atoms with Gasteiger partial charge in [0.1, 0.15) is 8.07 Å². The van der Waals surface area contributed by atoms with Crippen LogP contribution >= 0.6 is 11.3 Å². The van der Waals surface area contributed by atoms with Gasteiger partial charge < -0.3 is 0 Å². The zero-order chi connectivity index (χ0) is 30.2. The molecule has 1 saturated carbocycles. The van der Waals surface area contributed by atoms with Crippen LogP contribution in [-0.2, 0) is 0 Å². The van der Waals surface area contributed by atoms with E-state index in [2.05, 4.69) is 132 Å². The molecule has 0 saturated heterocycles. The third-order valence-corrected chi connectivity index (χ3v) is 18.9. The van der Waals surface area contributed by atoms with E-state index in [-0.39, 0.29) is 5.41 Å². The first-order valence-electron chi connectivity index (χ1n) is 16.7. The van der Waals surface area contributed by atoms with Crippen molar-refractivity contribution in [2.75, 3.05) is 0 Å². The Morgan fingerprint density at radius 2 is 1.56 bits per heavy atom. The van der Waals surface area contributed by atoms with Crippen molar-refractivity contribution in [2.24, 2.45) is 5.41 Å². The number of benzene rings is 3. The molecule has 43 heavy (non-hydrogen) atoms. The Hall–Kier alpha value is -2.75. The van der Waals surface area contributed by atoms with Crippen LogP contribution in [0.4, 0.5) is 0 Å². The Balaban J connectivity index is 1.63. The number of nitrogens with zero attached hydrogens (tertiary/aromatic N) is 1. The van der Waals surface area contributed by atoms with Gasteiger partial charge >= 0.3 is 0 Å². The van der Waals surface area contributed by atoms with Crippen LogP contribution < -0.4 is 9.69 Å². The second-order valence-electron chi connectivity index (χ2n) is 14.3. The standard InChI is InChI=1S/C40H49NSSi/c1-7-29(8-2)36-26-31(25-30-17-15-16-22-35(30)36)37-38-34(23-24-41-37)28(3)39(42-38)43(27-40(4,5)6,32-18-11-9-12-19-32)33-20-13-10-14-21-33/h9,11-12,15-19,22-26,29,33H,7-8,10,13-14,20-21,27H2,1-6H3. The number of hydrogen-bond donors (Lipinski definition) is 0. The molecule has 1 fully saturated rings. The van der Waals surface area contributed by atoms with E-state index in [1.807, 2.05) is 0 Å². The van der Waals surface area contributed by atoms with Crippen LogP contribution in [0.3, 0.4) is 0 Å². The van der Waals surface area contributed by atoms with Crippen LogP contribution in [0.25, 0.3) is 32.1 Å². The molecule has 1 atom stereocenters. The first-order chi connectivity index (χ1) is 20.8. The molecule has 2 aromatic heterocycles. The summed E-state index contributed by atoms with van der Waals surface area (Å²) in [5.41, 5.74) is 6.49. The van der Waals surface area contributed by atoms with E-state index >= 15 is 0 Å². The lowest BCUT2D eigenvalue weighted by molar-refractivity contribution is 0.445. The maximum atomic E-state index is 5.16. The summed E-state index contributed by atoms with van der Waals surface area (Å²) in [6.07, 6.45) is 11.3. The highest BCUT2D eigenvalue weighted by Crippen LogP contribution is 2.46. The zero-order valence-electron chi connectivity index (χ0n) is 27.2. The van der Waals surface area contributed by atoms with E-state index in [9.17, 15) is 0 Å². The predicted octanol–water partition coefficient (Wildman–Crippen LogP) is 11.3. The molecule has 1 unspecified atom stereocenters. The van der Waals surface area contributed by atoms with Crippen LogP contribution in [0.5, 0.6) is 0 Å². The van der Waals surface area contributed by atoms with E-state index in [4.69, 9.17) is 4.98 Å². The lowest BCUT2D eigenvalue weighted by Crippen LogP contribution is -2.63. The molecule has 3 aromatic carbocycles. The van der Waals surface area contributed by atoms with Crippen molar-refractivity contribution in [1.29, 1.82) is 0 Å². The highest BCUT2D eigenvalue weighted by atomic mass is 32.1. The number of rotatable bonds is 8. The van der Waals surface area contributed by atoms with E-state index in [1.54, 1.807) is 9.69 Å². The van der Waals surface area contributed by atoms with Crippen molar-refractivity contribution in [3.63, 3.8) is 0 Å². The van der Waals surface area contributed by atoms with Crippen LogP contribution in [0.15, 0.2) is 79.0 Å². The Morgan fingerprint density at radius 3 is 2.26 bits per heavy atom. The average Bonchev–Trinajstić information content (AvgIpc) is 3.37. The quantitative estimate of drug-likeness (QED) is 0.161. The van der Waals surface area contributed by atoms with Crippen molar-refractivity contribution >= 4 is 50.0 Å². The van der Waals surface area contributed by atoms with Gasteiger partial charge in [0.15, 0.2) is 0 Å². The number of hydrogen-bond acceptors (Lipinski definition) is 2. The second kappa shape index (κ2) is 12.3. The molecule has 0 spiro atoms. The van der Waals surface area contributed by atoms with Gasteiger partial charge in [0.25, 0.3) is 0 Å². The van der Waals surface area contributed by atoms with Crippen LogP contribution in [0.2, 0.25) is 11.6 Å². The minimum Gasteiger partial charge on any atom is -0.255 e. The Labute approximate surface area is 264 Å². The van der Waals surface area contributed by atoms with Gasteiger partial charge in [0.05, 0.1) is 10.4 Å². The first-order valence-corrected chi connectivity index (χ1v) is 19.8. The Kier molecular flexibility index (Phi) is 8.68. The molecule has 0 aliphatic heterocycles. The highest BCUT2D eigenvalue weighted by molar-refractivity contribution is 7.34. The van der Waals surface area contributed by atoms with Gasteiger partial charge in [-0.25, -0.2) is 0 Å². The second-order valence-corrected chi connectivity index (χ2v) is 19.9. The van der Waals surface area contributed by atoms with Crippen molar-refractivity contribution in [1.82, 2.24) is 4.98 Å². The SMILES string of the molecule is CCC(CC)c1cc(-c2nccc3c(C)c([Si](CC(C)(C)C)(c4ccccc4)C4CCCCC4)sc23)cc2ccccc12. The fraction of sp³-hybridized carbons (Fsp3) is 0.425. The average molecular weight is 604 g/mol. The molecule has 0 bridgehead atoms. The molecule has 3 heteroatoms. The molecule has 0 N–H and O–H groups in total. The third-order valence-electron chi connectivity index (χ3n) is 10.3. The van der Waals surface area contributed by atoms with Gasteiger partial charge in [0, 0.05) is 16.3 Å². The fourth-order valence-electron chi connectivity index (χ4n) is 8.37. The van der Waals surface area contributed by atoms with Gasteiger partial charge in [-0.3, -0.25) is 4.98 Å². The summed E-state index contributed by atoms with van der Waals surface area (Å²) in [5, 5.41) is 5.78. The minimum atomic E-state index is -2.13. The van der Waals surface area contributed by atoms with E-state index in [0.29, 0.717) is 5.92 Å².